The number of nitrogens with one attached hydrogen (secondary N) is 2. The van der Waals surface area contributed by atoms with Crippen molar-refractivity contribution in [2.45, 2.75) is 19.5 Å². The van der Waals surface area contributed by atoms with E-state index < -0.39 is 12.0 Å². The van der Waals surface area contributed by atoms with Crippen molar-refractivity contribution in [1.82, 2.24) is 20.4 Å². The highest BCUT2D eigenvalue weighted by Crippen LogP contribution is 2.33. The van der Waals surface area contributed by atoms with Gasteiger partial charge >= 0.3 is 12.0 Å². The number of fused-ring (bicyclic) bond motifs is 1. The van der Waals surface area contributed by atoms with Gasteiger partial charge in [0.2, 0.25) is 6.79 Å². The molecule has 10 nitrogen and oxygen atoms in total. The molecule has 37 heavy (non-hydrogen) atoms. The first-order valence-electron chi connectivity index (χ1n) is 12.5. The molecule has 10 heteroatoms. The summed E-state index contributed by atoms with van der Waals surface area (Å²) in [5.74, 6) is 1.84. The summed E-state index contributed by atoms with van der Waals surface area (Å²) >= 11 is 0. The third kappa shape index (κ3) is 5.65. The SMILES string of the molecule is CCOC(=O)C1=C(CN2CCN(Cc3ccc4c(c3)OCO4)CC2)NC(=O)NC1c1ccc(OC)cc1. The van der Waals surface area contributed by atoms with Gasteiger partial charge in [0.1, 0.15) is 5.75 Å². The van der Waals surface area contributed by atoms with Crippen LogP contribution in [-0.2, 0) is 16.1 Å². The molecule has 0 bridgehead atoms. The fraction of sp³-hybridized carbons (Fsp3) is 0.407. The van der Waals surface area contributed by atoms with E-state index in [9.17, 15) is 9.59 Å². The molecule has 1 atom stereocenters. The number of carbonyl (C=O) groups excluding carboxylic acids is 2. The van der Waals surface area contributed by atoms with Crippen molar-refractivity contribution in [1.29, 1.82) is 0 Å². The van der Waals surface area contributed by atoms with Crippen LogP contribution in [0.5, 0.6) is 17.2 Å². The molecule has 0 aromatic heterocycles. The van der Waals surface area contributed by atoms with Crippen molar-refractivity contribution in [2.75, 3.05) is 53.2 Å². The van der Waals surface area contributed by atoms with Gasteiger partial charge in [-0.05, 0) is 42.3 Å². The Morgan fingerprint density at radius 2 is 1.70 bits per heavy atom. The lowest BCUT2D eigenvalue weighted by Crippen LogP contribution is -2.51. The highest BCUT2D eigenvalue weighted by Gasteiger charge is 2.34. The quantitative estimate of drug-likeness (QED) is 0.525. The lowest BCUT2D eigenvalue weighted by Gasteiger charge is -2.37. The van der Waals surface area contributed by atoms with E-state index in [4.69, 9.17) is 18.9 Å². The van der Waals surface area contributed by atoms with Gasteiger partial charge in [0, 0.05) is 45.0 Å². The van der Waals surface area contributed by atoms with Crippen LogP contribution >= 0.6 is 0 Å². The first-order valence-corrected chi connectivity index (χ1v) is 12.5. The largest absolute Gasteiger partial charge is 0.497 e. The smallest absolute Gasteiger partial charge is 0.338 e. The molecule has 0 aliphatic carbocycles. The highest BCUT2D eigenvalue weighted by molar-refractivity contribution is 5.95. The van der Waals surface area contributed by atoms with Gasteiger partial charge in [-0.2, -0.15) is 0 Å². The van der Waals surface area contributed by atoms with E-state index in [1.807, 2.05) is 36.4 Å². The van der Waals surface area contributed by atoms with Gasteiger partial charge in [-0.1, -0.05) is 18.2 Å². The van der Waals surface area contributed by atoms with Gasteiger partial charge in [0.25, 0.3) is 0 Å². The van der Waals surface area contributed by atoms with E-state index >= 15 is 0 Å². The Morgan fingerprint density at radius 1 is 1.00 bits per heavy atom. The number of methoxy groups -OCH3 is 1. The van der Waals surface area contributed by atoms with Crippen molar-refractivity contribution in [3.8, 4) is 17.2 Å². The number of hydrogen-bond donors (Lipinski definition) is 2. The van der Waals surface area contributed by atoms with Crippen molar-refractivity contribution < 1.29 is 28.5 Å². The maximum absolute atomic E-state index is 13.1. The van der Waals surface area contributed by atoms with Gasteiger partial charge in [-0.25, -0.2) is 9.59 Å². The summed E-state index contributed by atoms with van der Waals surface area (Å²) < 4.78 is 21.5. The molecule has 2 aromatic carbocycles. The fourth-order valence-electron chi connectivity index (χ4n) is 4.87. The van der Waals surface area contributed by atoms with Crippen LogP contribution in [0, 0.1) is 0 Å². The monoisotopic (exact) mass is 508 g/mol. The Balaban J connectivity index is 1.28. The van der Waals surface area contributed by atoms with E-state index in [1.54, 1.807) is 14.0 Å². The summed E-state index contributed by atoms with van der Waals surface area (Å²) in [5, 5.41) is 5.76. The Morgan fingerprint density at radius 3 is 2.41 bits per heavy atom. The second-order valence-corrected chi connectivity index (χ2v) is 9.16. The number of piperazine rings is 1. The van der Waals surface area contributed by atoms with Crippen molar-refractivity contribution >= 4 is 12.0 Å². The molecule has 0 saturated carbocycles. The number of amides is 2. The molecular weight excluding hydrogens is 476 g/mol. The first-order chi connectivity index (χ1) is 18.0. The minimum absolute atomic E-state index is 0.247. The van der Waals surface area contributed by atoms with Crippen LogP contribution in [0.1, 0.15) is 24.1 Å². The van der Waals surface area contributed by atoms with E-state index in [-0.39, 0.29) is 19.4 Å². The number of rotatable bonds is 8. The van der Waals surface area contributed by atoms with Crippen LogP contribution in [-0.4, -0.2) is 75.0 Å². The summed E-state index contributed by atoms with van der Waals surface area (Å²) in [6, 6.07) is 12.4. The summed E-state index contributed by atoms with van der Waals surface area (Å²) in [5.41, 5.74) is 2.96. The number of hydrogen-bond acceptors (Lipinski definition) is 8. The summed E-state index contributed by atoms with van der Waals surface area (Å²) in [6.07, 6.45) is 0. The average Bonchev–Trinajstić information content (AvgIpc) is 3.38. The molecule has 3 heterocycles. The molecule has 0 spiro atoms. The lowest BCUT2D eigenvalue weighted by molar-refractivity contribution is -0.139. The van der Waals surface area contributed by atoms with Gasteiger partial charge in [-0.3, -0.25) is 9.80 Å². The van der Waals surface area contributed by atoms with Crippen LogP contribution in [0.4, 0.5) is 4.79 Å². The second kappa shape index (κ2) is 11.1. The van der Waals surface area contributed by atoms with E-state index in [0.717, 1.165) is 49.8 Å². The molecule has 5 rings (SSSR count). The van der Waals surface area contributed by atoms with E-state index in [0.29, 0.717) is 23.6 Å². The molecule has 1 unspecified atom stereocenters. The van der Waals surface area contributed by atoms with Crippen LogP contribution in [0.25, 0.3) is 0 Å². The molecule has 2 N–H and O–H groups in total. The summed E-state index contributed by atoms with van der Waals surface area (Å²) in [6.45, 7) is 6.91. The van der Waals surface area contributed by atoms with Crippen LogP contribution in [0.2, 0.25) is 0 Å². The summed E-state index contributed by atoms with van der Waals surface area (Å²) in [7, 11) is 1.60. The highest BCUT2D eigenvalue weighted by atomic mass is 16.7. The molecule has 1 fully saturated rings. The van der Waals surface area contributed by atoms with Gasteiger partial charge in [-0.15, -0.1) is 0 Å². The normalized spacial score (nSPS) is 19.8. The van der Waals surface area contributed by atoms with Crippen LogP contribution in [0.15, 0.2) is 53.7 Å². The zero-order valence-electron chi connectivity index (χ0n) is 21.1. The number of urea groups is 1. The zero-order chi connectivity index (χ0) is 25.8. The van der Waals surface area contributed by atoms with Crippen molar-refractivity contribution in [3.05, 3.63) is 64.9 Å². The Hall–Kier alpha value is -3.76. The Bertz CT molecular complexity index is 1170. The maximum Gasteiger partial charge on any atom is 0.338 e. The minimum atomic E-state index is -0.610. The number of ether oxygens (including phenoxy) is 4. The molecular formula is C27H32N4O6. The molecule has 2 aromatic rings. The predicted molar refractivity (Wildman–Crippen MR) is 135 cm³/mol. The molecule has 0 radical (unpaired) electrons. The standard InChI is InChI=1S/C27H32N4O6/c1-3-35-26(32)24-21(28-27(33)29-25(24)19-5-7-20(34-2)8-6-19)16-31-12-10-30(11-13-31)15-18-4-9-22-23(14-18)37-17-36-22/h4-9,14,25H,3,10-13,15-17H2,1-2H3,(H2,28,29,33). The van der Waals surface area contributed by atoms with Crippen LogP contribution < -0.4 is 24.8 Å². The van der Waals surface area contributed by atoms with E-state index in [2.05, 4.69) is 26.5 Å². The molecule has 196 valence electrons. The topological polar surface area (TPSA) is 102 Å². The van der Waals surface area contributed by atoms with Gasteiger partial charge in [0.05, 0.1) is 25.3 Å². The average molecular weight is 509 g/mol. The molecule has 1 saturated heterocycles. The number of esters is 1. The number of benzene rings is 2. The number of nitrogens with zero attached hydrogens (tertiary/aromatic N) is 2. The lowest BCUT2D eigenvalue weighted by atomic mass is 9.94. The second-order valence-electron chi connectivity index (χ2n) is 9.16. The fourth-order valence-corrected chi connectivity index (χ4v) is 4.87. The minimum Gasteiger partial charge on any atom is -0.497 e. The molecule has 2 amide bonds. The third-order valence-electron chi connectivity index (χ3n) is 6.79. The maximum atomic E-state index is 13.1. The predicted octanol–water partition coefficient (Wildman–Crippen LogP) is 2.41. The van der Waals surface area contributed by atoms with E-state index in [1.165, 1.54) is 5.56 Å². The first kappa shape index (κ1) is 24.9. The van der Waals surface area contributed by atoms with Crippen LogP contribution in [0.3, 0.4) is 0 Å². The Kier molecular flexibility index (Phi) is 7.47. The van der Waals surface area contributed by atoms with Gasteiger partial charge in [0.15, 0.2) is 11.5 Å². The Labute approximate surface area is 216 Å². The van der Waals surface area contributed by atoms with Crippen molar-refractivity contribution in [3.63, 3.8) is 0 Å². The number of carbonyl (C=O) groups is 2. The third-order valence-corrected chi connectivity index (χ3v) is 6.79. The zero-order valence-corrected chi connectivity index (χ0v) is 21.1. The molecule has 3 aliphatic rings. The van der Waals surface area contributed by atoms with Gasteiger partial charge < -0.3 is 29.6 Å². The molecule has 3 aliphatic heterocycles. The van der Waals surface area contributed by atoms with Crippen molar-refractivity contribution in [2.24, 2.45) is 0 Å². The summed E-state index contributed by atoms with van der Waals surface area (Å²) in [4.78, 5) is 30.3.